The van der Waals surface area contributed by atoms with E-state index in [0.29, 0.717) is 17.2 Å². The zero-order valence-electron chi connectivity index (χ0n) is 34.8. The number of nitrogens with zero attached hydrogens (tertiary/aromatic N) is 1. The Morgan fingerprint density at radius 3 is 1.36 bits per heavy atom. The molecule has 3 aliphatic rings. The van der Waals surface area contributed by atoms with Crippen LogP contribution in [-0.4, -0.2) is 0 Å². The van der Waals surface area contributed by atoms with Crippen LogP contribution in [0, 0.1) is 0 Å². The first-order chi connectivity index (χ1) is 31.7. The molecule has 10 aromatic carbocycles. The molecule has 0 fully saturated rings. The summed E-state index contributed by atoms with van der Waals surface area (Å²) in [4.78, 5) is 2.31. The van der Waals surface area contributed by atoms with Gasteiger partial charge < -0.3 is 14.4 Å². The maximum absolute atomic E-state index is 7.43. The van der Waals surface area contributed by atoms with Crippen molar-refractivity contribution in [1.82, 2.24) is 0 Å². The summed E-state index contributed by atoms with van der Waals surface area (Å²) in [7, 11) is 0. The summed E-state index contributed by atoms with van der Waals surface area (Å²) in [6, 6.07) is 84.7. The number of ether oxygens (including phenoxy) is 2. The van der Waals surface area contributed by atoms with Crippen LogP contribution in [0.1, 0.15) is 22.3 Å². The van der Waals surface area contributed by atoms with Crippen molar-refractivity contribution in [2.75, 3.05) is 4.90 Å². The molecule has 1 spiro atoms. The predicted molar refractivity (Wildman–Crippen MR) is 260 cm³/mol. The predicted octanol–water partition coefficient (Wildman–Crippen LogP) is 16.4. The number of anilines is 3. The fourth-order valence-corrected chi connectivity index (χ4v) is 10.6. The zero-order valence-corrected chi connectivity index (χ0v) is 34.8. The van der Waals surface area contributed by atoms with Gasteiger partial charge in [-0.1, -0.05) is 194 Å². The lowest BCUT2D eigenvalue weighted by molar-refractivity contribution is 0.361. The number of fused-ring (bicyclic) bond motifs is 13. The molecule has 10 aromatic rings. The fraction of sp³-hybridized carbons (Fsp3) is 0.0164. The highest BCUT2D eigenvalue weighted by Crippen LogP contribution is 2.67. The second kappa shape index (κ2) is 14.3. The zero-order chi connectivity index (χ0) is 42.2. The van der Waals surface area contributed by atoms with Crippen LogP contribution in [0.5, 0.6) is 23.0 Å². The highest BCUT2D eigenvalue weighted by Gasteiger charge is 2.53. The number of rotatable bonds is 6. The summed E-state index contributed by atoms with van der Waals surface area (Å²) in [5, 5.41) is 0. The molecule has 13 rings (SSSR count). The molecular formula is C61H39NO2. The molecule has 3 heteroatoms. The third-order valence-electron chi connectivity index (χ3n) is 13.3. The lowest BCUT2D eigenvalue weighted by atomic mass is 9.70. The molecule has 64 heavy (non-hydrogen) atoms. The molecule has 0 atom stereocenters. The highest BCUT2D eigenvalue weighted by atomic mass is 16.6. The number of benzene rings is 10. The van der Waals surface area contributed by atoms with Gasteiger partial charge in [0.25, 0.3) is 0 Å². The Morgan fingerprint density at radius 1 is 0.297 bits per heavy atom. The van der Waals surface area contributed by atoms with Crippen molar-refractivity contribution in [1.29, 1.82) is 0 Å². The molecule has 2 aliphatic carbocycles. The summed E-state index contributed by atoms with van der Waals surface area (Å²) in [5.74, 6) is 2.76. The molecule has 0 unspecified atom stereocenters. The van der Waals surface area contributed by atoms with Crippen LogP contribution in [-0.2, 0) is 5.41 Å². The van der Waals surface area contributed by atoms with Gasteiger partial charge in [-0.2, -0.15) is 0 Å². The summed E-state index contributed by atoms with van der Waals surface area (Å²) < 4.78 is 14.4. The Balaban J connectivity index is 0.982. The van der Waals surface area contributed by atoms with Gasteiger partial charge in [0.05, 0.1) is 11.1 Å². The molecule has 3 nitrogen and oxygen atoms in total. The Kier molecular flexibility index (Phi) is 8.13. The topological polar surface area (TPSA) is 21.7 Å². The second-order valence-electron chi connectivity index (χ2n) is 16.8. The molecule has 0 radical (unpaired) electrons. The quantitative estimate of drug-likeness (QED) is 0.167. The van der Waals surface area contributed by atoms with Gasteiger partial charge in [0.2, 0.25) is 0 Å². The van der Waals surface area contributed by atoms with E-state index < -0.39 is 5.41 Å². The van der Waals surface area contributed by atoms with Gasteiger partial charge in [-0.25, -0.2) is 0 Å². The minimum Gasteiger partial charge on any atom is -0.449 e. The molecule has 0 N–H and O–H groups in total. The van der Waals surface area contributed by atoms with Gasteiger partial charge in [-0.05, 0) is 115 Å². The summed E-state index contributed by atoms with van der Waals surface area (Å²) in [6.45, 7) is 0. The van der Waals surface area contributed by atoms with Gasteiger partial charge in [0.1, 0.15) is 0 Å². The Morgan fingerprint density at radius 2 is 0.750 bits per heavy atom. The molecule has 0 saturated carbocycles. The maximum atomic E-state index is 7.43. The largest absolute Gasteiger partial charge is 0.449 e. The minimum absolute atomic E-state index is 0.499. The average Bonchev–Trinajstić information content (AvgIpc) is 3.84. The van der Waals surface area contributed by atoms with E-state index in [1.54, 1.807) is 0 Å². The summed E-state index contributed by atoms with van der Waals surface area (Å²) >= 11 is 0. The van der Waals surface area contributed by atoms with E-state index >= 15 is 0 Å². The SMILES string of the molecule is c1ccc(-c2ccc(-c3cccc(N(c4cccc(-c5ccccc5)c4)c4cccc5c4Oc4c(ccc6c4-c4ccccc4C64c6ccccc6-c6ccccc64)O5)c3)cc2)cc1. The summed E-state index contributed by atoms with van der Waals surface area (Å²) in [6.07, 6.45) is 0. The Hall–Kier alpha value is -8.40. The van der Waals surface area contributed by atoms with E-state index in [0.717, 1.165) is 56.2 Å². The van der Waals surface area contributed by atoms with Crippen LogP contribution in [0.2, 0.25) is 0 Å². The van der Waals surface area contributed by atoms with Crippen molar-refractivity contribution in [3.63, 3.8) is 0 Å². The third kappa shape index (κ3) is 5.41. The third-order valence-corrected chi connectivity index (χ3v) is 13.3. The van der Waals surface area contributed by atoms with Crippen molar-refractivity contribution in [2.24, 2.45) is 0 Å². The van der Waals surface area contributed by atoms with Crippen molar-refractivity contribution >= 4 is 17.1 Å². The van der Waals surface area contributed by atoms with Gasteiger partial charge in [0, 0.05) is 16.9 Å². The molecule has 0 amide bonds. The van der Waals surface area contributed by atoms with Crippen LogP contribution in [0.25, 0.3) is 55.6 Å². The van der Waals surface area contributed by atoms with Crippen molar-refractivity contribution in [3.8, 4) is 78.6 Å². The molecule has 0 bridgehead atoms. The van der Waals surface area contributed by atoms with E-state index in [2.05, 4.69) is 235 Å². The summed E-state index contributed by atoms with van der Waals surface area (Å²) in [5.41, 5.74) is 19.1. The van der Waals surface area contributed by atoms with E-state index in [1.165, 1.54) is 44.5 Å². The van der Waals surface area contributed by atoms with E-state index in [9.17, 15) is 0 Å². The van der Waals surface area contributed by atoms with Crippen LogP contribution < -0.4 is 14.4 Å². The van der Waals surface area contributed by atoms with Crippen LogP contribution >= 0.6 is 0 Å². The van der Waals surface area contributed by atoms with Gasteiger partial charge in [-0.15, -0.1) is 0 Å². The van der Waals surface area contributed by atoms with Gasteiger partial charge in [0.15, 0.2) is 23.0 Å². The molecule has 0 aromatic heterocycles. The van der Waals surface area contributed by atoms with Crippen molar-refractivity contribution < 1.29 is 9.47 Å². The normalized spacial score (nSPS) is 13.1. The lowest BCUT2D eigenvalue weighted by Crippen LogP contribution is -2.25. The van der Waals surface area contributed by atoms with Gasteiger partial charge in [-0.3, -0.25) is 0 Å². The Labute approximate surface area is 372 Å². The monoisotopic (exact) mass is 817 g/mol. The molecule has 0 saturated heterocycles. The fourth-order valence-electron chi connectivity index (χ4n) is 10.6. The first-order valence-corrected chi connectivity index (χ1v) is 21.9. The Bertz CT molecular complexity index is 3400. The second-order valence-corrected chi connectivity index (χ2v) is 16.8. The first-order valence-electron chi connectivity index (χ1n) is 21.9. The van der Waals surface area contributed by atoms with Crippen LogP contribution in [0.3, 0.4) is 0 Å². The van der Waals surface area contributed by atoms with Crippen molar-refractivity contribution in [3.05, 3.63) is 259 Å². The minimum atomic E-state index is -0.499. The molecule has 1 aliphatic heterocycles. The lowest BCUT2D eigenvalue weighted by Gasteiger charge is -2.32. The number of hydrogen-bond acceptors (Lipinski definition) is 3. The van der Waals surface area contributed by atoms with E-state index in [4.69, 9.17) is 9.47 Å². The number of para-hydroxylation sites is 1. The number of hydrogen-bond donors (Lipinski definition) is 0. The first kappa shape index (κ1) is 36.3. The van der Waals surface area contributed by atoms with E-state index in [-0.39, 0.29) is 0 Å². The smallest absolute Gasteiger partial charge is 0.194 e. The van der Waals surface area contributed by atoms with E-state index in [1.807, 2.05) is 6.07 Å². The van der Waals surface area contributed by atoms with Crippen molar-refractivity contribution in [2.45, 2.75) is 5.41 Å². The maximum Gasteiger partial charge on any atom is 0.194 e. The van der Waals surface area contributed by atoms with Crippen LogP contribution in [0.4, 0.5) is 17.1 Å². The molecule has 1 heterocycles. The molecular weight excluding hydrogens is 779 g/mol. The highest BCUT2D eigenvalue weighted by molar-refractivity contribution is 5.98. The van der Waals surface area contributed by atoms with Gasteiger partial charge >= 0.3 is 0 Å². The van der Waals surface area contributed by atoms with Crippen LogP contribution in [0.15, 0.2) is 237 Å². The average molecular weight is 818 g/mol. The molecule has 300 valence electrons. The standard InChI is InChI=1S/C61H39NO2/c1-3-16-40(17-4-1)42-32-34-43(35-33-42)45-21-14-23-47(39-45)62(46-22-13-20-44(38-46)41-18-5-2-6-19-41)55-30-15-31-56-59(55)64-60-57(63-56)37-36-54-58(60)50-26-9-12-29-53(50)61(54)51-27-10-7-24-48(51)49-25-8-11-28-52(49)61/h1-39H.